The number of carboxylic acid groups (broad SMARTS) is 1. The van der Waals surface area contributed by atoms with Gasteiger partial charge in [0.05, 0.1) is 6.54 Å². The second-order valence-electron chi connectivity index (χ2n) is 4.34. The van der Waals surface area contributed by atoms with Crippen LogP contribution in [0.25, 0.3) is 6.08 Å². The molecular formula is C16H19NO2. The van der Waals surface area contributed by atoms with Crippen molar-refractivity contribution in [2.75, 3.05) is 18.0 Å². The summed E-state index contributed by atoms with van der Waals surface area (Å²) in [5, 5.41) is 8.61. The summed E-state index contributed by atoms with van der Waals surface area (Å²) in [6.07, 6.45) is 9.15. The molecule has 0 atom stereocenters. The van der Waals surface area contributed by atoms with Gasteiger partial charge in [-0.25, -0.2) is 4.79 Å². The van der Waals surface area contributed by atoms with Crippen LogP contribution in [0, 0.1) is 19.3 Å². The molecule has 1 aromatic rings. The number of aliphatic carboxylic acids is 1. The molecule has 0 aliphatic rings. The van der Waals surface area contributed by atoms with Gasteiger partial charge in [0.15, 0.2) is 0 Å². The second-order valence-corrected chi connectivity index (χ2v) is 4.34. The first-order valence-corrected chi connectivity index (χ1v) is 6.28. The monoisotopic (exact) mass is 257 g/mol. The summed E-state index contributed by atoms with van der Waals surface area (Å²) in [4.78, 5) is 12.6. The molecule has 3 heteroatoms. The van der Waals surface area contributed by atoms with Crippen LogP contribution in [0.3, 0.4) is 0 Å². The second kappa shape index (κ2) is 7.27. The highest BCUT2D eigenvalue weighted by molar-refractivity contribution is 5.85. The molecule has 0 aliphatic heterocycles. The highest BCUT2D eigenvalue weighted by Crippen LogP contribution is 2.22. The molecule has 0 aromatic heterocycles. The molecule has 100 valence electrons. The fraction of sp³-hybridized carbons (Fsp3) is 0.312. The Morgan fingerprint density at radius 2 is 2.26 bits per heavy atom. The zero-order valence-electron chi connectivity index (χ0n) is 11.4. The van der Waals surface area contributed by atoms with Crippen LogP contribution < -0.4 is 4.90 Å². The number of rotatable bonds is 6. The Morgan fingerprint density at radius 3 is 2.79 bits per heavy atom. The van der Waals surface area contributed by atoms with E-state index in [-0.39, 0.29) is 0 Å². The van der Waals surface area contributed by atoms with E-state index in [1.165, 1.54) is 0 Å². The lowest BCUT2D eigenvalue weighted by atomic mass is 10.1. The molecule has 0 saturated carbocycles. The van der Waals surface area contributed by atoms with Crippen LogP contribution in [-0.2, 0) is 4.79 Å². The molecule has 0 aliphatic carbocycles. The third kappa shape index (κ3) is 4.51. The molecule has 0 fully saturated rings. The maximum atomic E-state index is 10.5. The first-order valence-electron chi connectivity index (χ1n) is 6.28. The Morgan fingerprint density at radius 1 is 1.53 bits per heavy atom. The Hall–Kier alpha value is -2.21. The summed E-state index contributed by atoms with van der Waals surface area (Å²) in [5.74, 6) is 1.72. The predicted molar refractivity (Wildman–Crippen MR) is 79.2 cm³/mol. The minimum Gasteiger partial charge on any atom is -0.478 e. The van der Waals surface area contributed by atoms with E-state index in [1.54, 1.807) is 6.08 Å². The van der Waals surface area contributed by atoms with Gasteiger partial charge < -0.3 is 10.0 Å². The van der Waals surface area contributed by atoms with Gasteiger partial charge in [0.1, 0.15) is 0 Å². The number of aryl methyl sites for hydroxylation is 1. The third-order valence-electron chi connectivity index (χ3n) is 2.76. The average molecular weight is 257 g/mol. The van der Waals surface area contributed by atoms with E-state index in [1.807, 2.05) is 25.1 Å². The van der Waals surface area contributed by atoms with Crippen molar-refractivity contribution in [2.24, 2.45) is 0 Å². The molecule has 1 aromatic carbocycles. The largest absolute Gasteiger partial charge is 0.478 e. The van der Waals surface area contributed by atoms with E-state index in [0.717, 1.165) is 35.9 Å². The molecule has 0 heterocycles. The van der Waals surface area contributed by atoms with Gasteiger partial charge in [-0.2, -0.15) is 0 Å². The molecule has 0 unspecified atom stereocenters. The lowest BCUT2D eigenvalue weighted by molar-refractivity contribution is -0.131. The van der Waals surface area contributed by atoms with Crippen LogP contribution in [0.4, 0.5) is 5.69 Å². The number of carbonyl (C=O) groups is 1. The van der Waals surface area contributed by atoms with E-state index in [0.29, 0.717) is 6.54 Å². The Labute approximate surface area is 114 Å². The number of nitrogens with zero attached hydrogens (tertiary/aromatic N) is 1. The summed E-state index contributed by atoms with van der Waals surface area (Å²) < 4.78 is 0. The van der Waals surface area contributed by atoms with Gasteiger partial charge in [-0.1, -0.05) is 18.9 Å². The molecule has 3 nitrogen and oxygen atoms in total. The number of benzene rings is 1. The van der Waals surface area contributed by atoms with E-state index in [9.17, 15) is 4.79 Å². The third-order valence-corrected chi connectivity index (χ3v) is 2.76. The van der Waals surface area contributed by atoms with Gasteiger partial charge in [0.2, 0.25) is 0 Å². The van der Waals surface area contributed by atoms with Crippen molar-refractivity contribution in [3.05, 3.63) is 35.4 Å². The first-order chi connectivity index (χ1) is 9.08. The Kier molecular flexibility index (Phi) is 5.69. The Balaban J connectivity index is 2.98. The maximum absolute atomic E-state index is 10.5. The molecule has 0 amide bonds. The van der Waals surface area contributed by atoms with Gasteiger partial charge in [-0.3, -0.25) is 0 Å². The highest BCUT2D eigenvalue weighted by Gasteiger charge is 2.07. The molecule has 0 radical (unpaired) electrons. The van der Waals surface area contributed by atoms with Gasteiger partial charge in [0.25, 0.3) is 0 Å². The van der Waals surface area contributed by atoms with Crippen molar-refractivity contribution in [3.63, 3.8) is 0 Å². The SMILES string of the molecule is C#CCN(CCC)c1ccc(/C=C/C(=O)O)cc1C. The Bertz CT molecular complexity index is 512. The van der Waals surface area contributed by atoms with Crippen LogP contribution in [-0.4, -0.2) is 24.2 Å². The van der Waals surface area contributed by atoms with Crippen LogP contribution >= 0.6 is 0 Å². The smallest absolute Gasteiger partial charge is 0.328 e. The maximum Gasteiger partial charge on any atom is 0.328 e. The zero-order valence-corrected chi connectivity index (χ0v) is 11.4. The molecule has 1 rings (SSSR count). The van der Waals surface area contributed by atoms with Crippen LogP contribution in [0.5, 0.6) is 0 Å². The van der Waals surface area contributed by atoms with Crippen molar-refractivity contribution < 1.29 is 9.90 Å². The van der Waals surface area contributed by atoms with Crippen molar-refractivity contribution in [1.29, 1.82) is 0 Å². The number of hydrogen-bond donors (Lipinski definition) is 1. The summed E-state index contributed by atoms with van der Waals surface area (Å²) in [6.45, 7) is 5.61. The zero-order chi connectivity index (χ0) is 14.3. The molecule has 0 saturated heterocycles. The van der Waals surface area contributed by atoms with Crippen molar-refractivity contribution >= 4 is 17.7 Å². The van der Waals surface area contributed by atoms with E-state index in [4.69, 9.17) is 11.5 Å². The quantitative estimate of drug-likeness (QED) is 0.629. The normalized spacial score (nSPS) is 10.4. The van der Waals surface area contributed by atoms with E-state index in [2.05, 4.69) is 17.7 Å². The van der Waals surface area contributed by atoms with Crippen molar-refractivity contribution in [3.8, 4) is 12.3 Å². The van der Waals surface area contributed by atoms with Gasteiger partial charge in [0, 0.05) is 18.3 Å². The van der Waals surface area contributed by atoms with Crippen molar-refractivity contribution in [1.82, 2.24) is 0 Å². The van der Waals surface area contributed by atoms with Gasteiger partial charge >= 0.3 is 5.97 Å². The highest BCUT2D eigenvalue weighted by atomic mass is 16.4. The number of hydrogen-bond acceptors (Lipinski definition) is 2. The van der Waals surface area contributed by atoms with Crippen molar-refractivity contribution in [2.45, 2.75) is 20.3 Å². The summed E-state index contributed by atoms with van der Waals surface area (Å²) in [7, 11) is 0. The summed E-state index contributed by atoms with van der Waals surface area (Å²) in [5.41, 5.74) is 3.07. The molecule has 0 bridgehead atoms. The van der Waals surface area contributed by atoms with Crippen LogP contribution in [0.2, 0.25) is 0 Å². The number of anilines is 1. The molecule has 19 heavy (non-hydrogen) atoms. The molecule has 0 spiro atoms. The van der Waals surface area contributed by atoms with Crippen LogP contribution in [0.15, 0.2) is 24.3 Å². The summed E-state index contributed by atoms with van der Waals surface area (Å²) in [6, 6.07) is 5.86. The standard InChI is InChI=1S/C16H19NO2/c1-4-10-17(11-5-2)15-8-6-14(12-13(15)3)7-9-16(18)19/h1,6-9,12H,5,10-11H2,2-3H3,(H,18,19)/b9-7+. The first kappa shape index (κ1) is 14.8. The minimum absolute atomic E-state index is 0.582. The fourth-order valence-electron chi connectivity index (χ4n) is 1.97. The van der Waals surface area contributed by atoms with E-state index >= 15 is 0 Å². The van der Waals surface area contributed by atoms with Crippen LogP contribution in [0.1, 0.15) is 24.5 Å². The van der Waals surface area contributed by atoms with Gasteiger partial charge in [-0.05, 0) is 42.7 Å². The average Bonchev–Trinajstić information content (AvgIpc) is 2.36. The molecule has 1 N–H and O–H groups in total. The predicted octanol–water partition coefficient (Wildman–Crippen LogP) is 2.94. The number of terminal acetylenes is 1. The molecular weight excluding hydrogens is 238 g/mol. The topological polar surface area (TPSA) is 40.5 Å². The number of carboxylic acids is 1. The lowest BCUT2D eigenvalue weighted by Crippen LogP contribution is -2.25. The lowest BCUT2D eigenvalue weighted by Gasteiger charge is -2.24. The minimum atomic E-state index is -0.943. The van der Waals surface area contributed by atoms with Gasteiger partial charge in [-0.15, -0.1) is 6.42 Å². The van der Waals surface area contributed by atoms with E-state index < -0.39 is 5.97 Å². The summed E-state index contributed by atoms with van der Waals surface area (Å²) >= 11 is 0. The fourth-order valence-corrected chi connectivity index (χ4v) is 1.97.